The molecule has 1 aromatic heterocycles. The van der Waals surface area contributed by atoms with Gasteiger partial charge in [-0.2, -0.15) is 0 Å². The second-order valence-electron chi connectivity index (χ2n) is 6.67. The molecule has 0 unspecified atom stereocenters. The Morgan fingerprint density at radius 2 is 1.69 bits per heavy atom. The zero-order valence-corrected chi connectivity index (χ0v) is 19.6. The van der Waals surface area contributed by atoms with Gasteiger partial charge in [-0.15, -0.1) is 0 Å². The molecule has 0 aliphatic carbocycles. The van der Waals surface area contributed by atoms with Gasteiger partial charge in [-0.25, -0.2) is 0 Å². The molecule has 5 nitrogen and oxygen atoms in total. The maximum Gasteiger partial charge on any atom is 0.315 e. The molecule has 162 valence electrons. The normalized spacial score (nSPS) is 11.4. The molecular formula is C23H16Cl2N2O3S2. The Labute approximate surface area is 201 Å². The number of rotatable bonds is 6. The number of hydrogen-bond acceptors (Lipinski definition) is 7. The molecule has 0 saturated heterocycles. The van der Waals surface area contributed by atoms with Gasteiger partial charge in [-0.05, 0) is 59.7 Å². The highest BCUT2D eigenvalue weighted by atomic mass is 35.5. The van der Waals surface area contributed by atoms with Crippen molar-refractivity contribution in [2.45, 2.75) is 6.42 Å². The van der Waals surface area contributed by atoms with Gasteiger partial charge >= 0.3 is 5.97 Å². The van der Waals surface area contributed by atoms with Crippen molar-refractivity contribution in [3.05, 3.63) is 93.1 Å². The zero-order chi connectivity index (χ0) is 22.5. The molecule has 1 heterocycles. The Bertz CT molecular complexity index is 1300. The van der Waals surface area contributed by atoms with Gasteiger partial charge in [0, 0.05) is 10.6 Å². The fraction of sp³-hybridized carbons (Fsp3) is 0.0435. The van der Waals surface area contributed by atoms with Crippen LogP contribution in [0.4, 0.5) is 11.4 Å². The quantitative estimate of drug-likeness (QED) is 0.0981. The standard InChI is InChI=1S/C23H16Cl2N2O3S2/c24-17-5-3-6-18(25)23(17)26-19-7-2-1-4-15(19)12-22(28)30-16-10-8-14(9-11-16)20-13-21(27-29)32-31-20/h1-11,13,26,29H,12H2/b27-21-. The molecule has 0 amide bonds. The second-order valence-corrected chi connectivity index (χ2v) is 9.67. The van der Waals surface area contributed by atoms with E-state index in [-0.39, 0.29) is 6.42 Å². The van der Waals surface area contributed by atoms with Crippen LogP contribution in [0.15, 0.2) is 78.0 Å². The number of carbonyl (C=O) groups excluding carboxylic acids is 1. The smallest absolute Gasteiger partial charge is 0.315 e. The van der Waals surface area contributed by atoms with E-state index in [1.165, 1.54) is 20.7 Å². The molecule has 0 atom stereocenters. The predicted octanol–water partition coefficient (Wildman–Crippen LogP) is 6.97. The monoisotopic (exact) mass is 502 g/mol. The van der Waals surface area contributed by atoms with E-state index in [9.17, 15) is 4.79 Å². The average molecular weight is 503 g/mol. The third kappa shape index (κ3) is 5.31. The molecular weight excluding hydrogens is 487 g/mol. The van der Waals surface area contributed by atoms with E-state index in [1.54, 1.807) is 36.4 Å². The lowest BCUT2D eigenvalue weighted by Crippen LogP contribution is -2.12. The minimum atomic E-state index is -0.392. The van der Waals surface area contributed by atoms with E-state index in [1.807, 2.05) is 36.4 Å². The lowest BCUT2D eigenvalue weighted by atomic mass is 10.1. The SMILES string of the molecule is O=C(Cc1ccccc1Nc1c(Cl)cccc1Cl)Oc1ccc(-c2c/c(=N/O)ss2)cc1. The van der Waals surface area contributed by atoms with Crippen LogP contribution in [0.1, 0.15) is 5.56 Å². The first-order chi connectivity index (χ1) is 15.5. The van der Waals surface area contributed by atoms with E-state index in [2.05, 4.69) is 10.5 Å². The third-order valence-electron chi connectivity index (χ3n) is 4.52. The van der Waals surface area contributed by atoms with Crippen molar-refractivity contribution in [3.63, 3.8) is 0 Å². The highest BCUT2D eigenvalue weighted by Crippen LogP contribution is 2.34. The molecule has 3 aromatic carbocycles. The molecule has 0 spiro atoms. The van der Waals surface area contributed by atoms with Crippen molar-refractivity contribution in [2.24, 2.45) is 5.16 Å². The molecule has 0 fully saturated rings. The fourth-order valence-electron chi connectivity index (χ4n) is 2.98. The summed E-state index contributed by atoms with van der Waals surface area (Å²) in [5, 5.41) is 16.2. The van der Waals surface area contributed by atoms with Crippen molar-refractivity contribution in [1.82, 2.24) is 0 Å². The molecule has 0 aliphatic rings. The molecule has 0 aliphatic heterocycles. The Kier molecular flexibility index (Phi) is 7.12. The largest absolute Gasteiger partial charge is 0.426 e. The number of nitrogens with zero attached hydrogens (tertiary/aromatic N) is 1. The average Bonchev–Trinajstić information content (AvgIpc) is 3.27. The Balaban J connectivity index is 1.45. The number of halogens is 2. The lowest BCUT2D eigenvalue weighted by molar-refractivity contribution is -0.133. The number of carbonyl (C=O) groups is 1. The van der Waals surface area contributed by atoms with Gasteiger partial charge in [0.25, 0.3) is 0 Å². The molecule has 4 rings (SSSR count). The summed E-state index contributed by atoms with van der Waals surface area (Å²) in [6.45, 7) is 0. The van der Waals surface area contributed by atoms with Gasteiger partial charge in [0.1, 0.15) is 5.75 Å². The maximum atomic E-state index is 12.6. The van der Waals surface area contributed by atoms with E-state index < -0.39 is 5.97 Å². The summed E-state index contributed by atoms with van der Waals surface area (Å²) in [6.07, 6.45) is 0.0704. The highest BCUT2D eigenvalue weighted by Gasteiger charge is 2.13. The number of anilines is 2. The molecule has 0 radical (unpaired) electrons. The number of hydrogen-bond donors (Lipinski definition) is 2. The summed E-state index contributed by atoms with van der Waals surface area (Å²) < 4.78 is 6.06. The van der Waals surface area contributed by atoms with Gasteiger partial charge < -0.3 is 15.3 Å². The summed E-state index contributed by atoms with van der Waals surface area (Å²) in [4.78, 5) is 13.6. The van der Waals surface area contributed by atoms with Crippen LogP contribution in [-0.4, -0.2) is 11.2 Å². The highest BCUT2D eigenvalue weighted by molar-refractivity contribution is 7.69. The van der Waals surface area contributed by atoms with E-state index in [0.29, 0.717) is 26.2 Å². The number of nitrogens with one attached hydrogen (secondary N) is 1. The van der Waals surface area contributed by atoms with Crippen LogP contribution < -0.4 is 14.7 Å². The summed E-state index contributed by atoms with van der Waals surface area (Å²) in [6, 6.07) is 21.7. The molecule has 0 bridgehead atoms. The van der Waals surface area contributed by atoms with Crippen LogP contribution in [0, 0.1) is 0 Å². The minimum Gasteiger partial charge on any atom is -0.426 e. The summed E-state index contributed by atoms with van der Waals surface area (Å²) in [7, 11) is 2.89. The number of benzene rings is 3. The number of esters is 1. The van der Waals surface area contributed by atoms with Gasteiger partial charge in [0.15, 0.2) is 4.67 Å². The van der Waals surface area contributed by atoms with E-state index in [4.69, 9.17) is 33.1 Å². The van der Waals surface area contributed by atoms with Gasteiger partial charge in [-0.1, -0.05) is 73.3 Å². The second kappa shape index (κ2) is 10.2. The van der Waals surface area contributed by atoms with Crippen molar-refractivity contribution in [3.8, 4) is 16.2 Å². The predicted molar refractivity (Wildman–Crippen MR) is 131 cm³/mol. The summed E-state index contributed by atoms with van der Waals surface area (Å²) in [5.74, 6) is 0.0580. The molecule has 2 N–H and O–H groups in total. The van der Waals surface area contributed by atoms with E-state index in [0.717, 1.165) is 21.7 Å². The maximum absolute atomic E-state index is 12.6. The lowest BCUT2D eigenvalue weighted by Gasteiger charge is -2.14. The van der Waals surface area contributed by atoms with Crippen molar-refractivity contribution >= 4 is 61.2 Å². The van der Waals surface area contributed by atoms with Crippen LogP contribution in [0.25, 0.3) is 10.4 Å². The first-order valence-corrected chi connectivity index (χ1v) is 12.3. The Morgan fingerprint density at radius 3 is 2.38 bits per heavy atom. The van der Waals surface area contributed by atoms with Gasteiger partial charge in [-0.3, -0.25) is 4.79 Å². The fourth-order valence-corrected chi connectivity index (χ4v) is 5.52. The van der Waals surface area contributed by atoms with Crippen LogP contribution in [0.3, 0.4) is 0 Å². The van der Waals surface area contributed by atoms with Crippen molar-refractivity contribution < 1.29 is 14.7 Å². The molecule has 4 aromatic rings. The number of ether oxygens (including phenoxy) is 1. The van der Waals surface area contributed by atoms with Crippen LogP contribution >= 0.6 is 43.9 Å². The van der Waals surface area contributed by atoms with Crippen molar-refractivity contribution in [2.75, 3.05) is 5.32 Å². The van der Waals surface area contributed by atoms with Crippen molar-refractivity contribution in [1.29, 1.82) is 0 Å². The number of para-hydroxylation sites is 2. The van der Waals surface area contributed by atoms with Gasteiger partial charge in [0.05, 0.1) is 22.2 Å². The zero-order valence-electron chi connectivity index (χ0n) is 16.4. The van der Waals surface area contributed by atoms with E-state index >= 15 is 0 Å². The molecule has 0 saturated carbocycles. The van der Waals surface area contributed by atoms with Gasteiger partial charge in [0.2, 0.25) is 0 Å². The van der Waals surface area contributed by atoms with Crippen LogP contribution in [0.5, 0.6) is 5.75 Å². The first kappa shape index (κ1) is 22.4. The van der Waals surface area contributed by atoms with Crippen LogP contribution in [0.2, 0.25) is 10.0 Å². The Morgan fingerprint density at radius 1 is 0.969 bits per heavy atom. The third-order valence-corrected chi connectivity index (χ3v) is 7.43. The topological polar surface area (TPSA) is 70.9 Å². The summed E-state index contributed by atoms with van der Waals surface area (Å²) >= 11 is 12.5. The Hall–Kier alpha value is -2.84. The molecule has 9 heteroatoms. The summed E-state index contributed by atoms with van der Waals surface area (Å²) in [5.41, 5.74) is 3.01. The first-order valence-electron chi connectivity index (χ1n) is 9.42. The van der Waals surface area contributed by atoms with Crippen LogP contribution in [-0.2, 0) is 11.2 Å². The molecule has 32 heavy (non-hydrogen) atoms. The minimum absolute atomic E-state index is 0.0704.